The number of rotatable bonds is 6. The van der Waals surface area contributed by atoms with Crippen molar-refractivity contribution in [1.29, 1.82) is 0 Å². The topological polar surface area (TPSA) is 100.0 Å². The van der Waals surface area contributed by atoms with Crippen LogP contribution in [-0.2, 0) is 9.59 Å². The minimum absolute atomic E-state index is 0.0861. The van der Waals surface area contributed by atoms with Crippen molar-refractivity contribution in [2.24, 2.45) is 0 Å². The molecular weight excluding hydrogens is 496 g/mol. The van der Waals surface area contributed by atoms with Crippen LogP contribution in [-0.4, -0.2) is 34.0 Å². The van der Waals surface area contributed by atoms with Crippen molar-refractivity contribution in [2.45, 2.75) is 6.04 Å². The lowest BCUT2D eigenvalue weighted by Gasteiger charge is -2.25. The first-order chi connectivity index (χ1) is 15.4. The number of halogens is 1. The number of benzene rings is 2. The van der Waals surface area contributed by atoms with Crippen LogP contribution < -0.4 is 9.64 Å². The molecule has 4 rings (SSSR count). The van der Waals surface area contributed by atoms with Crippen molar-refractivity contribution in [3.63, 3.8) is 0 Å². The van der Waals surface area contributed by atoms with Crippen LogP contribution in [0.15, 0.2) is 75.9 Å². The Balaban J connectivity index is 1.83. The zero-order chi connectivity index (χ0) is 22.8. The molecule has 0 spiro atoms. The van der Waals surface area contributed by atoms with Crippen molar-refractivity contribution >= 4 is 50.2 Å². The summed E-state index contributed by atoms with van der Waals surface area (Å²) in [5, 5.41) is 22.9. The number of aromatic hydroxyl groups is 1. The number of aliphatic hydroxyl groups excluding tert-OH is 1. The van der Waals surface area contributed by atoms with Crippen LogP contribution in [0.4, 0.5) is 5.13 Å². The van der Waals surface area contributed by atoms with Gasteiger partial charge in [0, 0.05) is 11.6 Å². The molecule has 1 aliphatic heterocycles. The molecule has 0 saturated carbocycles. The number of hydrogen-bond donors (Lipinski definition) is 2. The van der Waals surface area contributed by atoms with Gasteiger partial charge in [-0.15, -0.1) is 11.3 Å². The predicted molar refractivity (Wildman–Crippen MR) is 125 cm³/mol. The Kier molecular flexibility index (Phi) is 6.11. The van der Waals surface area contributed by atoms with Gasteiger partial charge in [-0.3, -0.25) is 14.5 Å². The van der Waals surface area contributed by atoms with Gasteiger partial charge in [-0.25, -0.2) is 4.98 Å². The molecule has 2 N–H and O–H groups in total. The van der Waals surface area contributed by atoms with Crippen molar-refractivity contribution in [1.82, 2.24) is 4.98 Å². The molecule has 0 saturated heterocycles. The number of allylic oxidation sites excluding steroid dienone is 1. The molecule has 2 heterocycles. The fourth-order valence-electron chi connectivity index (χ4n) is 3.44. The van der Waals surface area contributed by atoms with E-state index in [-0.39, 0.29) is 17.1 Å². The molecule has 2 aromatic carbocycles. The minimum Gasteiger partial charge on any atom is -0.503 e. The highest BCUT2D eigenvalue weighted by atomic mass is 79.9. The fraction of sp³-hybridized carbons (Fsp3) is 0.0870. The molecular formula is C23H17BrN2O5S. The molecule has 1 amide bonds. The first-order valence-electron chi connectivity index (χ1n) is 9.42. The summed E-state index contributed by atoms with van der Waals surface area (Å²) in [6, 6.07) is 11.3. The molecule has 1 aliphatic rings. The third kappa shape index (κ3) is 3.92. The van der Waals surface area contributed by atoms with Gasteiger partial charge >= 0.3 is 0 Å². The maximum absolute atomic E-state index is 13.2. The summed E-state index contributed by atoms with van der Waals surface area (Å²) in [6.07, 6.45) is 4.46. The molecule has 1 atom stereocenters. The fourth-order valence-corrected chi connectivity index (χ4v) is 4.56. The van der Waals surface area contributed by atoms with Crippen LogP contribution >= 0.6 is 27.3 Å². The van der Waals surface area contributed by atoms with Crippen LogP contribution in [0.5, 0.6) is 11.5 Å². The number of thiazole rings is 1. The standard InChI is InChI=1S/C23H17BrN2O5S/c1-31-17-12-14(11-15(24)20(17)28)19-18(16(27)8-7-13-5-3-2-4-6-13)21(29)22(30)26(19)23-25-9-10-32-23/h2-12,19,28-29H,1H3. The quantitative estimate of drug-likeness (QED) is 0.460. The van der Waals surface area contributed by atoms with Gasteiger partial charge in [0.2, 0.25) is 0 Å². The van der Waals surface area contributed by atoms with Crippen LogP contribution in [0.1, 0.15) is 17.2 Å². The zero-order valence-electron chi connectivity index (χ0n) is 16.7. The minimum atomic E-state index is -0.965. The molecule has 32 heavy (non-hydrogen) atoms. The first kappa shape index (κ1) is 21.8. The van der Waals surface area contributed by atoms with E-state index in [0.717, 1.165) is 5.56 Å². The number of carbonyl (C=O) groups excluding carboxylic acids is 2. The van der Waals surface area contributed by atoms with E-state index in [2.05, 4.69) is 20.9 Å². The summed E-state index contributed by atoms with van der Waals surface area (Å²) in [5.41, 5.74) is 1.17. The number of ketones is 1. The highest BCUT2D eigenvalue weighted by molar-refractivity contribution is 9.10. The number of aliphatic hydroxyl groups is 1. The molecule has 7 nitrogen and oxygen atoms in total. The molecule has 1 aromatic heterocycles. The molecule has 9 heteroatoms. The van der Waals surface area contributed by atoms with E-state index in [1.165, 1.54) is 41.7 Å². The molecule has 0 radical (unpaired) electrons. The van der Waals surface area contributed by atoms with Gasteiger partial charge in [-0.1, -0.05) is 36.4 Å². The van der Waals surface area contributed by atoms with Crippen molar-refractivity contribution in [3.8, 4) is 11.5 Å². The van der Waals surface area contributed by atoms with Crippen LogP contribution in [0.3, 0.4) is 0 Å². The summed E-state index contributed by atoms with van der Waals surface area (Å²) in [4.78, 5) is 31.6. The average Bonchev–Trinajstić information content (AvgIpc) is 3.41. The Bertz CT molecular complexity index is 1240. The second-order valence-electron chi connectivity index (χ2n) is 6.82. The van der Waals surface area contributed by atoms with Crippen molar-refractivity contribution in [2.75, 3.05) is 12.0 Å². The van der Waals surface area contributed by atoms with E-state index in [4.69, 9.17) is 4.74 Å². The van der Waals surface area contributed by atoms with Crippen LogP contribution in [0.25, 0.3) is 6.08 Å². The first-order valence-corrected chi connectivity index (χ1v) is 11.1. The Morgan fingerprint density at radius 3 is 2.66 bits per heavy atom. The summed E-state index contributed by atoms with van der Waals surface area (Å²) >= 11 is 4.48. The van der Waals surface area contributed by atoms with Crippen LogP contribution in [0.2, 0.25) is 0 Å². The maximum atomic E-state index is 13.2. The van der Waals surface area contributed by atoms with Gasteiger partial charge in [-0.05, 0) is 45.3 Å². The second-order valence-corrected chi connectivity index (χ2v) is 8.54. The van der Waals surface area contributed by atoms with E-state index < -0.39 is 23.5 Å². The van der Waals surface area contributed by atoms with Gasteiger partial charge in [-0.2, -0.15) is 0 Å². The molecule has 162 valence electrons. The summed E-state index contributed by atoms with van der Waals surface area (Å²) < 4.78 is 5.55. The molecule has 0 bridgehead atoms. The van der Waals surface area contributed by atoms with E-state index in [0.29, 0.717) is 15.2 Å². The Morgan fingerprint density at radius 2 is 2.00 bits per heavy atom. The number of carbonyl (C=O) groups is 2. The highest BCUT2D eigenvalue weighted by Gasteiger charge is 2.45. The van der Waals surface area contributed by atoms with Gasteiger partial charge in [0.15, 0.2) is 28.2 Å². The summed E-state index contributed by atoms with van der Waals surface area (Å²) in [6.45, 7) is 0. The maximum Gasteiger partial charge on any atom is 0.296 e. The van der Waals surface area contributed by atoms with E-state index >= 15 is 0 Å². The number of amides is 1. The Labute approximate surface area is 196 Å². The van der Waals surface area contributed by atoms with E-state index in [1.54, 1.807) is 17.5 Å². The zero-order valence-corrected chi connectivity index (χ0v) is 19.1. The van der Waals surface area contributed by atoms with Gasteiger partial charge in [0.25, 0.3) is 5.91 Å². The molecule has 0 fully saturated rings. The number of anilines is 1. The normalized spacial score (nSPS) is 16.2. The number of phenols is 1. The lowest BCUT2D eigenvalue weighted by atomic mass is 9.95. The number of ether oxygens (including phenoxy) is 1. The number of hydrogen-bond acceptors (Lipinski definition) is 7. The second kappa shape index (κ2) is 8.97. The summed E-state index contributed by atoms with van der Waals surface area (Å²) in [5.74, 6) is -1.86. The van der Waals surface area contributed by atoms with Gasteiger partial charge in [0.05, 0.1) is 23.2 Å². The Morgan fingerprint density at radius 1 is 1.25 bits per heavy atom. The lowest BCUT2D eigenvalue weighted by molar-refractivity contribution is -0.117. The molecule has 3 aromatic rings. The molecule has 1 unspecified atom stereocenters. The Hall–Kier alpha value is -3.43. The molecule has 0 aliphatic carbocycles. The van der Waals surface area contributed by atoms with Crippen LogP contribution in [0, 0.1) is 0 Å². The summed E-state index contributed by atoms with van der Waals surface area (Å²) in [7, 11) is 1.39. The average molecular weight is 513 g/mol. The van der Waals surface area contributed by atoms with Crippen molar-refractivity contribution in [3.05, 3.63) is 87.0 Å². The third-order valence-corrected chi connectivity index (χ3v) is 6.29. The number of nitrogens with zero attached hydrogens (tertiary/aromatic N) is 2. The van der Waals surface area contributed by atoms with E-state index in [1.807, 2.05) is 30.3 Å². The monoisotopic (exact) mass is 512 g/mol. The SMILES string of the molecule is COc1cc(C2C(C(=O)C=Cc3ccccc3)=C(O)C(=O)N2c2nccs2)cc(Br)c1O. The lowest BCUT2D eigenvalue weighted by Crippen LogP contribution is -2.30. The van der Waals surface area contributed by atoms with Gasteiger partial charge < -0.3 is 14.9 Å². The number of phenolic OH excluding ortho intramolecular Hbond substituents is 1. The largest absolute Gasteiger partial charge is 0.503 e. The van der Waals surface area contributed by atoms with Crippen molar-refractivity contribution < 1.29 is 24.5 Å². The van der Waals surface area contributed by atoms with E-state index in [9.17, 15) is 19.8 Å². The smallest absolute Gasteiger partial charge is 0.296 e. The van der Waals surface area contributed by atoms with Gasteiger partial charge in [0.1, 0.15) is 0 Å². The highest BCUT2D eigenvalue weighted by Crippen LogP contribution is 2.45. The number of aromatic nitrogens is 1. The number of methoxy groups -OCH3 is 1. The predicted octanol–water partition coefficient (Wildman–Crippen LogP) is 4.80. The third-order valence-electron chi connectivity index (χ3n) is 4.91.